The molecule has 0 unspecified atom stereocenters. The standard InChI is InChI=1S/C19H15F3N2O3S/c1-26-14-5-7-15(8-6-14)27-10-17(25)24-18-23-16(11-28-18)12-3-2-4-13(9-12)19(20,21)22/h2-9,11H,10H2,1H3,(H,23,24,25). The second-order valence-corrected chi connectivity index (χ2v) is 6.49. The molecule has 9 heteroatoms. The van der Waals surface area contributed by atoms with Crippen molar-refractivity contribution in [2.45, 2.75) is 6.18 Å². The highest BCUT2D eigenvalue weighted by atomic mass is 32.1. The molecule has 1 heterocycles. The largest absolute Gasteiger partial charge is 0.497 e. The first kappa shape index (κ1) is 19.7. The van der Waals surface area contributed by atoms with Gasteiger partial charge in [-0.05, 0) is 36.4 Å². The quantitative estimate of drug-likeness (QED) is 0.633. The number of ether oxygens (including phenoxy) is 2. The number of hydrogen-bond donors (Lipinski definition) is 1. The number of nitrogens with zero attached hydrogens (tertiary/aromatic N) is 1. The fourth-order valence-electron chi connectivity index (χ4n) is 2.29. The maximum absolute atomic E-state index is 12.8. The van der Waals surface area contributed by atoms with Crippen molar-refractivity contribution in [3.8, 4) is 22.8 Å². The Morgan fingerprint density at radius 2 is 1.86 bits per heavy atom. The maximum atomic E-state index is 12.8. The summed E-state index contributed by atoms with van der Waals surface area (Å²) in [6.07, 6.45) is -4.43. The number of anilines is 1. The normalized spacial score (nSPS) is 11.1. The second-order valence-electron chi connectivity index (χ2n) is 5.63. The van der Waals surface area contributed by atoms with E-state index in [1.807, 2.05) is 0 Å². The highest BCUT2D eigenvalue weighted by molar-refractivity contribution is 7.14. The van der Waals surface area contributed by atoms with Crippen LogP contribution in [-0.4, -0.2) is 24.6 Å². The predicted octanol–water partition coefficient (Wildman–Crippen LogP) is 4.86. The van der Waals surface area contributed by atoms with Crippen LogP contribution in [-0.2, 0) is 11.0 Å². The molecule has 0 saturated carbocycles. The number of methoxy groups -OCH3 is 1. The number of benzene rings is 2. The van der Waals surface area contributed by atoms with Crippen LogP contribution in [0.3, 0.4) is 0 Å². The fraction of sp³-hybridized carbons (Fsp3) is 0.158. The van der Waals surface area contributed by atoms with E-state index in [0.717, 1.165) is 23.5 Å². The molecule has 0 radical (unpaired) electrons. The minimum Gasteiger partial charge on any atom is -0.497 e. The molecule has 28 heavy (non-hydrogen) atoms. The lowest BCUT2D eigenvalue weighted by Gasteiger charge is -2.07. The van der Waals surface area contributed by atoms with Crippen molar-refractivity contribution < 1.29 is 27.4 Å². The number of amides is 1. The Bertz CT molecular complexity index is 956. The molecule has 0 bridgehead atoms. The number of alkyl halides is 3. The Balaban J connectivity index is 1.60. The first-order chi connectivity index (χ1) is 13.3. The van der Waals surface area contributed by atoms with Gasteiger partial charge in [0.1, 0.15) is 11.5 Å². The zero-order valence-electron chi connectivity index (χ0n) is 14.6. The van der Waals surface area contributed by atoms with Gasteiger partial charge in [-0.25, -0.2) is 4.98 Å². The van der Waals surface area contributed by atoms with Crippen molar-refractivity contribution in [2.24, 2.45) is 0 Å². The average molecular weight is 408 g/mol. The molecule has 1 N–H and O–H groups in total. The summed E-state index contributed by atoms with van der Waals surface area (Å²) < 4.78 is 48.9. The topological polar surface area (TPSA) is 60.5 Å². The highest BCUT2D eigenvalue weighted by Gasteiger charge is 2.30. The van der Waals surface area contributed by atoms with Gasteiger partial charge in [0.2, 0.25) is 0 Å². The van der Waals surface area contributed by atoms with Gasteiger partial charge in [0.05, 0.1) is 18.4 Å². The van der Waals surface area contributed by atoms with E-state index in [-0.39, 0.29) is 11.7 Å². The van der Waals surface area contributed by atoms with Gasteiger partial charge >= 0.3 is 6.18 Å². The SMILES string of the molecule is COc1ccc(OCC(=O)Nc2nc(-c3cccc(C(F)(F)F)c3)cs2)cc1. The van der Waals surface area contributed by atoms with Crippen LogP contribution in [0.1, 0.15) is 5.56 Å². The molecule has 0 aliphatic rings. The van der Waals surface area contributed by atoms with E-state index in [2.05, 4.69) is 10.3 Å². The smallest absolute Gasteiger partial charge is 0.416 e. The summed E-state index contributed by atoms with van der Waals surface area (Å²) in [6.45, 7) is -0.231. The number of carbonyl (C=O) groups is 1. The van der Waals surface area contributed by atoms with Crippen LogP contribution in [0.4, 0.5) is 18.3 Å². The van der Waals surface area contributed by atoms with Crippen LogP contribution < -0.4 is 14.8 Å². The third-order valence-electron chi connectivity index (χ3n) is 3.67. The molecular weight excluding hydrogens is 393 g/mol. The zero-order valence-corrected chi connectivity index (χ0v) is 15.4. The van der Waals surface area contributed by atoms with Gasteiger partial charge in [-0.15, -0.1) is 11.3 Å². The van der Waals surface area contributed by atoms with Crippen LogP contribution in [0, 0.1) is 0 Å². The summed E-state index contributed by atoms with van der Waals surface area (Å²) in [7, 11) is 1.55. The van der Waals surface area contributed by atoms with E-state index >= 15 is 0 Å². The minimum absolute atomic E-state index is 0.231. The van der Waals surface area contributed by atoms with E-state index in [0.29, 0.717) is 22.8 Å². The minimum atomic E-state index is -4.43. The van der Waals surface area contributed by atoms with Crippen molar-refractivity contribution in [3.63, 3.8) is 0 Å². The lowest BCUT2D eigenvalue weighted by molar-refractivity contribution is -0.137. The summed E-state index contributed by atoms with van der Waals surface area (Å²) in [6, 6.07) is 11.6. The van der Waals surface area contributed by atoms with Crippen molar-refractivity contribution >= 4 is 22.4 Å². The van der Waals surface area contributed by atoms with Gasteiger partial charge in [-0.1, -0.05) is 12.1 Å². The van der Waals surface area contributed by atoms with Gasteiger partial charge in [0.15, 0.2) is 11.7 Å². The van der Waals surface area contributed by atoms with Gasteiger partial charge in [0, 0.05) is 10.9 Å². The van der Waals surface area contributed by atoms with Crippen molar-refractivity contribution in [1.29, 1.82) is 0 Å². The lowest BCUT2D eigenvalue weighted by Crippen LogP contribution is -2.20. The van der Waals surface area contributed by atoms with Gasteiger partial charge in [-0.2, -0.15) is 13.2 Å². The third-order valence-corrected chi connectivity index (χ3v) is 4.42. The van der Waals surface area contributed by atoms with Gasteiger partial charge < -0.3 is 9.47 Å². The summed E-state index contributed by atoms with van der Waals surface area (Å²) in [5.41, 5.74) is -0.0833. The Morgan fingerprint density at radius 1 is 1.14 bits per heavy atom. The van der Waals surface area contributed by atoms with E-state index in [1.54, 1.807) is 36.8 Å². The third kappa shape index (κ3) is 5.01. The lowest BCUT2D eigenvalue weighted by atomic mass is 10.1. The van der Waals surface area contributed by atoms with Crippen LogP contribution in [0.2, 0.25) is 0 Å². The highest BCUT2D eigenvalue weighted by Crippen LogP contribution is 2.33. The monoisotopic (exact) mass is 408 g/mol. The molecule has 146 valence electrons. The molecule has 0 fully saturated rings. The molecule has 5 nitrogen and oxygen atoms in total. The molecule has 0 aliphatic carbocycles. The number of thiazole rings is 1. The molecule has 1 amide bonds. The predicted molar refractivity (Wildman–Crippen MR) is 99.7 cm³/mol. The Kier molecular flexibility index (Phi) is 5.84. The van der Waals surface area contributed by atoms with Crippen LogP contribution >= 0.6 is 11.3 Å². The van der Waals surface area contributed by atoms with Crippen molar-refractivity contribution in [2.75, 3.05) is 19.0 Å². The molecule has 1 aromatic heterocycles. The van der Waals surface area contributed by atoms with E-state index in [4.69, 9.17) is 9.47 Å². The number of hydrogen-bond acceptors (Lipinski definition) is 5. The van der Waals surface area contributed by atoms with Crippen LogP contribution in [0.25, 0.3) is 11.3 Å². The molecule has 3 aromatic rings. The molecule has 0 spiro atoms. The Labute approximate surface area is 162 Å². The summed E-state index contributed by atoms with van der Waals surface area (Å²) >= 11 is 1.12. The summed E-state index contributed by atoms with van der Waals surface area (Å²) in [5.74, 6) is 0.738. The number of rotatable bonds is 6. The number of halogens is 3. The summed E-state index contributed by atoms with van der Waals surface area (Å²) in [5, 5.41) is 4.42. The zero-order chi connectivity index (χ0) is 20.1. The first-order valence-electron chi connectivity index (χ1n) is 8.05. The second kappa shape index (κ2) is 8.30. The van der Waals surface area contributed by atoms with Gasteiger partial charge in [0.25, 0.3) is 5.91 Å². The van der Waals surface area contributed by atoms with Crippen LogP contribution in [0.15, 0.2) is 53.9 Å². The maximum Gasteiger partial charge on any atom is 0.416 e. The van der Waals surface area contributed by atoms with Crippen molar-refractivity contribution in [3.05, 3.63) is 59.5 Å². The molecular formula is C19H15F3N2O3S. The van der Waals surface area contributed by atoms with E-state index < -0.39 is 17.6 Å². The fourth-order valence-corrected chi connectivity index (χ4v) is 3.03. The van der Waals surface area contributed by atoms with Gasteiger partial charge in [-0.3, -0.25) is 10.1 Å². The number of nitrogens with one attached hydrogen (secondary N) is 1. The molecule has 0 atom stereocenters. The van der Waals surface area contributed by atoms with E-state index in [9.17, 15) is 18.0 Å². The Morgan fingerprint density at radius 3 is 2.54 bits per heavy atom. The number of carbonyl (C=O) groups excluding carboxylic acids is 1. The average Bonchev–Trinajstić information content (AvgIpc) is 3.14. The molecule has 0 saturated heterocycles. The van der Waals surface area contributed by atoms with Crippen LogP contribution in [0.5, 0.6) is 11.5 Å². The van der Waals surface area contributed by atoms with Crippen molar-refractivity contribution in [1.82, 2.24) is 4.98 Å². The van der Waals surface area contributed by atoms with E-state index in [1.165, 1.54) is 12.1 Å². The first-order valence-corrected chi connectivity index (χ1v) is 8.93. The molecule has 0 aliphatic heterocycles. The molecule has 2 aromatic carbocycles. The molecule has 3 rings (SSSR count). The Hall–Kier alpha value is -3.07. The summed E-state index contributed by atoms with van der Waals surface area (Å²) in [4.78, 5) is 16.2. The number of aromatic nitrogens is 1.